The number of amides is 2. The van der Waals surface area contributed by atoms with E-state index in [0.717, 1.165) is 26.7 Å². The summed E-state index contributed by atoms with van der Waals surface area (Å²) >= 11 is 5.90. The van der Waals surface area contributed by atoms with Crippen LogP contribution in [0.15, 0.2) is 81.1 Å². The van der Waals surface area contributed by atoms with Crippen LogP contribution in [0, 0.1) is 24.2 Å². The van der Waals surface area contributed by atoms with Gasteiger partial charge in [-0.05, 0) is 61.2 Å². The Hall–Kier alpha value is -3.10. The molecule has 2 aromatic carbocycles. The zero-order valence-corrected chi connectivity index (χ0v) is 23.3. The summed E-state index contributed by atoms with van der Waals surface area (Å²) in [5.74, 6) is -2.35. The second-order valence-electron chi connectivity index (χ2n) is 8.75. The molecule has 0 unspecified atom stereocenters. The number of hydrogen-bond acceptors (Lipinski definition) is 7. The van der Waals surface area contributed by atoms with Crippen molar-refractivity contribution < 1.29 is 14.7 Å². The molecule has 10 heteroatoms. The van der Waals surface area contributed by atoms with Gasteiger partial charge >= 0.3 is 0 Å². The minimum Gasteiger partial charge on any atom is -0.370 e. The Labute approximate surface area is 232 Å². The second-order valence-corrected chi connectivity index (χ2v) is 11.6. The highest BCUT2D eigenvalue weighted by atomic mass is 79.9. The first-order valence-corrected chi connectivity index (χ1v) is 14.1. The van der Waals surface area contributed by atoms with Gasteiger partial charge in [0.15, 0.2) is 0 Å². The summed E-state index contributed by atoms with van der Waals surface area (Å²) in [7, 11) is 0. The highest BCUT2D eigenvalue weighted by Gasteiger charge is 2.50. The van der Waals surface area contributed by atoms with Gasteiger partial charge in [-0.2, -0.15) is 5.26 Å². The standard InChI is InChI=1S/C27H25BrN4O3S2/c1-16-6-3-4-7-20(16)31-25(34)24-23(21-8-5-13-36-21)19(14-29)26(32-27(24,2)35)37-15-22(33)30-18-11-9-17(28)10-12-18/h3-13,23-24,32,35H,15H2,1-2H3,(H,30,33)(H,31,34)/t23-,24+,27-/m1/s1. The third kappa shape index (κ3) is 6.25. The number of nitriles is 1. The molecule has 1 aromatic heterocycles. The number of rotatable bonds is 7. The highest BCUT2D eigenvalue weighted by molar-refractivity contribution is 9.10. The lowest BCUT2D eigenvalue weighted by Crippen LogP contribution is -2.57. The van der Waals surface area contributed by atoms with Gasteiger partial charge in [0, 0.05) is 26.6 Å². The fourth-order valence-corrected chi connectivity index (χ4v) is 6.31. The van der Waals surface area contributed by atoms with Crippen LogP contribution in [0.1, 0.15) is 23.3 Å². The largest absolute Gasteiger partial charge is 0.370 e. The lowest BCUT2D eigenvalue weighted by molar-refractivity contribution is -0.131. The third-order valence-corrected chi connectivity index (χ3v) is 8.49. The van der Waals surface area contributed by atoms with Crippen LogP contribution in [-0.4, -0.2) is 28.4 Å². The van der Waals surface area contributed by atoms with Crippen molar-refractivity contribution in [2.24, 2.45) is 5.92 Å². The highest BCUT2D eigenvalue weighted by Crippen LogP contribution is 2.46. The molecule has 1 aliphatic rings. The van der Waals surface area contributed by atoms with E-state index in [-0.39, 0.29) is 11.7 Å². The molecule has 190 valence electrons. The number of anilines is 2. The molecule has 0 saturated heterocycles. The minimum atomic E-state index is -1.69. The van der Waals surface area contributed by atoms with Crippen LogP contribution in [0.4, 0.5) is 11.4 Å². The quantitative estimate of drug-likeness (QED) is 0.283. The number of nitrogens with zero attached hydrogens (tertiary/aromatic N) is 1. The lowest BCUT2D eigenvalue weighted by Gasteiger charge is -2.43. The van der Waals surface area contributed by atoms with E-state index < -0.39 is 23.5 Å². The maximum absolute atomic E-state index is 13.6. The van der Waals surface area contributed by atoms with Gasteiger partial charge in [-0.15, -0.1) is 11.3 Å². The van der Waals surface area contributed by atoms with E-state index >= 15 is 0 Å². The molecule has 2 heterocycles. The monoisotopic (exact) mass is 596 g/mol. The molecule has 0 aliphatic carbocycles. The number of halogens is 1. The van der Waals surface area contributed by atoms with Crippen LogP contribution < -0.4 is 16.0 Å². The summed E-state index contributed by atoms with van der Waals surface area (Å²) in [6.07, 6.45) is 0. The molecule has 2 amide bonds. The molecular formula is C27H25BrN4O3S2. The van der Waals surface area contributed by atoms with E-state index in [4.69, 9.17) is 0 Å². The van der Waals surface area contributed by atoms with Crippen molar-refractivity contribution in [1.82, 2.24) is 5.32 Å². The predicted molar refractivity (Wildman–Crippen MR) is 152 cm³/mol. The molecule has 0 spiro atoms. The van der Waals surface area contributed by atoms with E-state index in [2.05, 4.69) is 37.9 Å². The molecule has 3 atom stereocenters. The van der Waals surface area contributed by atoms with E-state index in [1.54, 1.807) is 18.2 Å². The molecule has 1 aliphatic heterocycles. The maximum atomic E-state index is 13.6. The number of carbonyl (C=O) groups excluding carboxylic acids is 2. The van der Waals surface area contributed by atoms with Crippen LogP contribution >= 0.6 is 39.0 Å². The van der Waals surface area contributed by atoms with Gasteiger partial charge in [-0.1, -0.05) is 52.0 Å². The molecule has 37 heavy (non-hydrogen) atoms. The van der Waals surface area contributed by atoms with Crippen LogP contribution in [0.5, 0.6) is 0 Å². The molecule has 4 N–H and O–H groups in total. The Bertz CT molecular complexity index is 1370. The van der Waals surface area contributed by atoms with Crippen molar-refractivity contribution in [2.75, 3.05) is 16.4 Å². The molecule has 3 aromatic rings. The third-order valence-electron chi connectivity index (χ3n) is 5.99. The van der Waals surface area contributed by atoms with Gasteiger partial charge in [0.1, 0.15) is 5.72 Å². The second kappa shape index (κ2) is 11.5. The average Bonchev–Trinajstić information content (AvgIpc) is 3.39. The Morgan fingerprint density at radius 2 is 1.89 bits per heavy atom. The summed E-state index contributed by atoms with van der Waals surface area (Å²) in [6.45, 7) is 3.41. The SMILES string of the molecule is Cc1ccccc1NC(=O)[C@@H]1[C@@H](c2cccs2)C(C#N)=C(SCC(=O)Nc2ccc(Br)cc2)N[C@]1(C)O. The number of thioether (sulfide) groups is 1. The number of carbonyl (C=O) groups is 2. The fourth-order valence-electron chi connectivity index (χ4n) is 4.21. The summed E-state index contributed by atoms with van der Waals surface area (Å²) in [5, 5.41) is 32.7. The normalized spacial score (nSPS) is 21.1. The minimum absolute atomic E-state index is 0.0108. The van der Waals surface area contributed by atoms with Crippen molar-refractivity contribution in [2.45, 2.75) is 25.5 Å². The van der Waals surface area contributed by atoms with E-state index in [9.17, 15) is 20.0 Å². The number of nitrogens with one attached hydrogen (secondary N) is 3. The summed E-state index contributed by atoms with van der Waals surface area (Å²) in [6, 6.07) is 20.5. The number of thiophene rings is 1. The molecule has 0 radical (unpaired) electrons. The number of allylic oxidation sites excluding steroid dienone is 1. The first-order chi connectivity index (χ1) is 17.7. The van der Waals surface area contributed by atoms with Gasteiger partial charge in [0.25, 0.3) is 0 Å². The molecule has 7 nitrogen and oxygen atoms in total. The molecule has 0 fully saturated rings. The summed E-state index contributed by atoms with van der Waals surface area (Å²) in [4.78, 5) is 27.0. The van der Waals surface area contributed by atoms with Gasteiger partial charge in [0.2, 0.25) is 11.8 Å². The maximum Gasteiger partial charge on any atom is 0.234 e. The Morgan fingerprint density at radius 1 is 1.16 bits per heavy atom. The van der Waals surface area contributed by atoms with E-state index in [0.29, 0.717) is 22.0 Å². The number of hydrogen-bond donors (Lipinski definition) is 4. The van der Waals surface area contributed by atoms with Crippen LogP contribution in [0.2, 0.25) is 0 Å². The number of aliphatic hydroxyl groups is 1. The van der Waals surface area contributed by atoms with Gasteiger partial charge in [-0.3, -0.25) is 9.59 Å². The smallest absolute Gasteiger partial charge is 0.234 e. The summed E-state index contributed by atoms with van der Waals surface area (Å²) < 4.78 is 0.901. The zero-order chi connectivity index (χ0) is 26.6. The van der Waals surface area contributed by atoms with Gasteiger partial charge < -0.3 is 21.1 Å². The van der Waals surface area contributed by atoms with Crippen molar-refractivity contribution in [1.29, 1.82) is 5.26 Å². The predicted octanol–water partition coefficient (Wildman–Crippen LogP) is 5.58. The van der Waals surface area contributed by atoms with Crippen molar-refractivity contribution in [3.63, 3.8) is 0 Å². The Morgan fingerprint density at radius 3 is 2.54 bits per heavy atom. The molecule has 0 saturated carbocycles. The van der Waals surface area contributed by atoms with E-state index in [1.807, 2.05) is 54.8 Å². The Balaban J connectivity index is 1.62. The summed E-state index contributed by atoms with van der Waals surface area (Å²) in [5.41, 5.74) is 0.792. The molecular weight excluding hydrogens is 572 g/mol. The van der Waals surface area contributed by atoms with Gasteiger partial charge in [-0.25, -0.2) is 0 Å². The number of aryl methyl sites for hydroxylation is 1. The van der Waals surface area contributed by atoms with Crippen molar-refractivity contribution in [3.8, 4) is 6.07 Å². The van der Waals surface area contributed by atoms with Crippen molar-refractivity contribution in [3.05, 3.63) is 91.6 Å². The molecule has 4 rings (SSSR count). The number of benzene rings is 2. The Kier molecular flexibility index (Phi) is 8.39. The van der Waals surface area contributed by atoms with Crippen molar-refractivity contribution >= 4 is 62.2 Å². The van der Waals surface area contributed by atoms with Gasteiger partial charge in [0.05, 0.1) is 28.3 Å². The van der Waals surface area contributed by atoms with Crippen LogP contribution in [0.25, 0.3) is 0 Å². The average molecular weight is 598 g/mol. The zero-order valence-electron chi connectivity index (χ0n) is 20.1. The topological polar surface area (TPSA) is 114 Å². The molecule has 0 bridgehead atoms. The first-order valence-electron chi connectivity index (χ1n) is 11.4. The fraction of sp³-hybridized carbons (Fsp3) is 0.222. The first kappa shape index (κ1) is 26.9. The van der Waals surface area contributed by atoms with E-state index in [1.165, 1.54) is 18.3 Å². The van der Waals surface area contributed by atoms with Crippen LogP contribution in [0.3, 0.4) is 0 Å². The van der Waals surface area contributed by atoms with Crippen LogP contribution in [-0.2, 0) is 9.59 Å². The lowest BCUT2D eigenvalue weighted by atomic mass is 9.76. The number of para-hydroxylation sites is 1.